The van der Waals surface area contributed by atoms with Crippen LogP contribution < -0.4 is 0 Å². The number of aryl methyl sites for hydroxylation is 1. The van der Waals surface area contributed by atoms with Gasteiger partial charge >= 0.3 is 5.97 Å². The van der Waals surface area contributed by atoms with E-state index in [-0.39, 0.29) is 30.1 Å². The number of Topliss-reactive ketones (excluding diaryl/α,β-unsaturated/α-hetero) is 3. The molecule has 27 heavy (non-hydrogen) atoms. The van der Waals surface area contributed by atoms with Gasteiger partial charge < -0.3 is 9.72 Å². The van der Waals surface area contributed by atoms with Gasteiger partial charge in [0.05, 0.1) is 21.3 Å². The lowest BCUT2D eigenvalue weighted by molar-refractivity contribution is -0.146. The Bertz CT molecular complexity index is 911. The summed E-state index contributed by atoms with van der Waals surface area (Å²) in [6, 6.07) is 3.23. The van der Waals surface area contributed by atoms with E-state index in [1.54, 1.807) is 26.0 Å². The van der Waals surface area contributed by atoms with E-state index < -0.39 is 17.9 Å². The van der Waals surface area contributed by atoms with Gasteiger partial charge in [-0.3, -0.25) is 19.2 Å². The van der Waals surface area contributed by atoms with Crippen molar-refractivity contribution in [2.24, 2.45) is 0 Å². The maximum absolute atomic E-state index is 12.6. The summed E-state index contributed by atoms with van der Waals surface area (Å²) >= 11 is 6.94. The van der Waals surface area contributed by atoms with Crippen LogP contribution in [-0.2, 0) is 9.53 Å². The average Bonchev–Trinajstić information content (AvgIpc) is 3.14. The van der Waals surface area contributed by atoms with E-state index in [1.807, 2.05) is 0 Å². The van der Waals surface area contributed by atoms with Gasteiger partial charge in [-0.2, -0.15) is 0 Å². The van der Waals surface area contributed by atoms with Gasteiger partial charge in [0.2, 0.25) is 5.78 Å². The van der Waals surface area contributed by atoms with E-state index in [0.29, 0.717) is 26.0 Å². The van der Waals surface area contributed by atoms with Crippen LogP contribution in [0, 0.1) is 13.8 Å². The minimum atomic E-state index is -1.03. The van der Waals surface area contributed by atoms with Crippen LogP contribution in [-0.4, -0.2) is 34.4 Å². The molecular formula is C19H20ClNO5S. The van der Waals surface area contributed by atoms with E-state index in [2.05, 4.69) is 4.98 Å². The molecule has 0 saturated heterocycles. The van der Waals surface area contributed by atoms with Crippen molar-refractivity contribution in [2.45, 2.75) is 46.6 Å². The van der Waals surface area contributed by atoms with Crippen molar-refractivity contribution in [3.63, 3.8) is 0 Å². The highest BCUT2D eigenvalue weighted by Gasteiger charge is 2.26. The molecular weight excluding hydrogens is 390 g/mol. The molecule has 8 heteroatoms. The highest BCUT2D eigenvalue weighted by atomic mass is 35.5. The van der Waals surface area contributed by atoms with E-state index in [9.17, 15) is 19.2 Å². The fraction of sp³-hybridized carbons (Fsp3) is 0.368. The average molecular weight is 410 g/mol. The summed E-state index contributed by atoms with van der Waals surface area (Å²) in [5.41, 5.74) is 1.86. The van der Waals surface area contributed by atoms with E-state index in [1.165, 1.54) is 13.8 Å². The highest BCUT2D eigenvalue weighted by molar-refractivity contribution is 7.18. The van der Waals surface area contributed by atoms with Crippen molar-refractivity contribution >= 4 is 46.3 Å². The molecule has 144 valence electrons. The van der Waals surface area contributed by atoms with Gasteiger partial charge in [0.25, 0.3) is 0 Å². The Labute approximate surface area is 165 Å². The molecule has 0 spiro atoms. The molecule has 0 aliphatic rings. The van der Waals surface area contributed by atoms with Crippen LogP contribution >= 0.6 is 22.9 Å². The van der Waals surface area contributed by atoms with Crippen molar-refractivity contribution in [1.82, 2.24) is 4.98 Å². The zero-order valence-electron chi connectivity index (χ0n) is 15.5. The van der Waals surface area contributed by atoms with Crippen LogP contribution in [0.2, 0.25) is 4.34 Å². The maximum Gasteiger partial charge on any atom is 0.306 e. The lowest BCUT2D eigenvalue weighted by atomic mass is 10.0. The van der Waals surface area contributed by atoms with Crippen LogP contribution in [0.25, 0.3) is 0 Å². The molecule has 2 aromatic rings. The lowest BCUT2D eigenvalue weighted by Crippen LogP contribution is -2.25. The zero-order chi connectivity index (χ0) is 20.3. The first-order valence-electron chi connectivity index (χ1n) is 8.34. The van der Waals surface area contributed by atoms with Gasteiger partial charge in [0.1, 0.15) is 0 Å². The number of ether oxygens (including phenoxy) is 1. The van der Waals surface area contributed by atoms with Gasteiger partial charge in [0, 0.05) is 17.7 Å². The quantitative estimate of drug-likeness (QED) is 0.517. The minimum Gasteiger partial charge on any atom is -0.454 e. The number of thiophene rings is 1. The molecule has 1 atom stereocenters. The van der Waals surface area contributed by atoms with Gasteiger partial charge in [-0.05, 0) is 45.4 Å². The van der Waals surface area contributed by atoms with Crippen LogP contribution in [0.1, 0.15) is 68.5 Å². The summed E-state index contributed by atoms with van der Waals surface area (Å²) in [7, 11) is 0. The summed E-state index contributed by atoms with van der Waals surface area (Å²) in [6.45, 7) is 6.27. The molecule has 0 bridgehead atoms. The van der Waals surface area contributed by atoms with E-state index in [0.717, 1.165) is 11.3 Å². The van der Waals surface area contributed by atoms with Crippen LogP contribution in [0.15, 0.2) is 12.1 Å². The molecule has 0 aliphatic carbocycles. The number of aromatic nitrogens is 1. The number of nitrogens with one attached hydrogen (secondary N) is 1. The number of esters is 1. The Morgan fingerprint density at radius 2 is 1.85 bits per heavy atom. The Morgan fingerprint density at radius 3 is 2.37 bits per heavy atom. The smallest absolute Gasteiger partial charge is 0.306 e. The summed E-state index contributed by atoms with van der Waals surface area (Å²) in [5, 5.41) is 0. The number of rotatable bonds is 8. The molecule has 0 aromatic carbocycles. The molecule has 2 heterocycles. The molecule has 0 radical (unpaired) electrons. The van der Waals surface area contributed by atoms with Gasteiger partial charge in [-0.15, -0.1) is 11.3 Å². The number of hydrogen-bond acceptors (Lipinski definition) is 6. The number of ketones is 3. The second-order valence-electron chi connectivity index (χ2n) is 6.20. The zero-order valence-corrected chi connectivity index (χ0v) is 17.0. The first-order valence-corrected chi connectivity index (χ1v) is 9.53. The number of hydrogen-bond donors (Lipinski definition) is 1. The summed E-state index contributed by atoms with van der Waals surface area (Å²) < 4.78 is 5.66. The van der Waals surface area contributed by atoms with E-state index >= 15 is 0 Å². The van der Waals surface area contributed by atoms with E-state index in [4.69, 9.17) is 16.3 Å². The van der Waals surface area contributed by atoms with Crippen LogP contribution in [0.3, 0.4) is 0 Å². The second kappa shape index (κ2) is 8.63. The third kappa shape index (κ3) is 4.93. The third-order valence-electron chi connectivity index (χ3n) is 4.12. The standard InChI is InChI=1S/C19H20ClNO5S/c1-9-17(11(3)22)10(2)21-18(9)19(25)12(4)26-16(24)8-5-13(23)14-6-7-15(20)27-14/h6-7,12,21H,5,8H2,1-4H3/t12-/m1/s1. The molecule has 1 N–H and O–H groups in total. The van der Waals surface area contributed by atoms with Crippen molar-refractivity contribution in [3.05, 3.63) is 43.9 Å². The predicted molar refractivity (Wildman–Crippen MR) is 103 cm³/mol. The first-order chi connectivity index (χ1) is 12.6. The summed E-state index contributed by atoms with van der Waals surface area (Å²) in [4.78, 5) is 51.6. The fourth-order valence-electron chi connectivity index (χ4n) is 2.84. The van der Waals surface area contributed by atoms with Crippen LogP contribution in [0.5, 0.6) is 0 Å². The highest BCUT2D eigenvalue weighted by Crippen LogP contribution is 2.23. The molecule has 0 fully saturated rings. The molecule has 0 saturated carbocycles. The number of carbonyl (C=O) groups excluding carboxylic acids is 4. The Kier molecular flexibility index (Phi) is 6.73. The second-order valence-corrected chi connectivity index (χ2v) is 7.92. The molecule has 0 unspecified atom stereocenters. The largest absolute Gasteiger partial charge is 0.454 e. The SMILES string of the molecule is CC(=O)c1c(C)[nH]c(C(=O)[C@@H](C)OC(=O)CCC(=O)c2ccc(Cl)s2)c1C. The van der Waals surface area contributed by atoms with Crippen molar-refractivity contribution in [3.8, 4) is 0 Å². The summed E-state index contributed by atoms with van der Waals surface area (Å²) in [5.74, 6) is -1.41. The van der Waals surface area contributed by atoms with Crippen molar-refractivity contribution in [2.75, 3.05) is 0 Å². The Hall–Kier alpha value is -2.25. The van der Waals surface area contributed by atoms with Gasteiger partial charge in [0.15, 0.2) is 17.7 Å². The number of carbonyl (C=O) groups is 4. The van der Waals surface area contributed by atoms with Crippen LogP contribution in [0.4, 0.5) is 0 Å². The normalized spacial score (nSPS) is 11.9. The topological polar surface area (TPSA) is 93.3 Å². The maximum atomic E-state index is 12.6. The molecule has 0 aliphatic heterocycles. The van der Waals surface area contributed by atoms with Crippen molar-refractivity contribution < 1.29 is 23.9 Å². The van der Waals surface area contributed by atoms with Crippen molar-refractivity contribution in [1.29, 1.82) is 0 Å². The third-order valence-corrected chi connectivity index (χ3v) is 5.39. The minimum absolute atomic E-state index is 0.0221. The monoisotopic (exact) mass is 409 g/mol. The Morgan fingerprint density at radius 1 is 1.19 bits per heavy atom. The predicted octanol–water partition coefficient (Wildman–Crippen LogP) is 4.33. The number of H-pyrrole nitrogens is 1. The number of halogens is 1. The first kappa shape index (κ1) is 21.1. The Balaban J connectivity index is 1.96. The molecule has 2 aromatic heterocycles. The number of aromatic amines is 1. The lowest BCUT2D eigenvalue weighted by Gasteiger charge is -2.12. The summed E-state index contributed by atoms with van der Waals surface area (Å²) in [6.07, 6.45) is -1.18. The fourth-order valence-corrected chi connectivity index (χ4v) is 3.85. The van der Waals surface area contributed by atoms with Gasteiger partial charge in [-0.25, -0.2) is 0 Å². The molecule has 0 amide bonds. The van der Waals surface area contributed by atoms with Gasteiger partial charge in [-0.1, -0.05) is 11.6 Å². The molecule has 6 nitrogen and oxygen atoms in total. The molecule has 2 rings (SSSR count).